The van der Waals surface area contributed by atoms with Crippen molar-refractivity contribution in [1.82, 2.24) is 4.90 Å². The van der Waals surface area contributed by atoms with Crippen LogP contribution in [-0.4, -0.2) is 43.5 Å². The van der Waals surface area contributed by atoms with E-state index in [4.69, 9.17) is 11.6 Å². The minimum Gasteiger partial charge on any atom is -0.369 e. The van der Waals surface area contributed by atoms with E-state index < -0.39 is 0 Å². The monoisotopic (exact) mass is 357 g/mol. The summed E-state index contributed by atoms with van der Waals surface area (Å²) < 4.78 is 0. The molecular weight excluding hydrogens is 334 g/mol. The highest BCUT2D eigenvalue weighted by molar-refractivity contribution is 6.34. The molecule has 0 aromatic heterocycles. The number of likely N-dealkylation sites (N-methyl/N-ethyl adjacent to an activating group) is 1. The van der Waals surface area contributed by atoms with Gasteiger partial charge in [0.25, 0.3) is 5.91 Å². The van der Waals surface area contributed by atoms with E-state index in [9.17, 15) is 4.79 Å². The topological polar surface area (TPSA) is 35.6 Å². The standard InChI is InChI=1S/C20H24ClN3O/c1-3-23-10-12-24(13-11-23)17-7-5-16(6-8-17)22-20(25)18-9-4-15(2)14-19(18)21/h4-9,14H,3,10-13H2,1-2H3,(H,22,25). The molecular formula is C20H24ClN3O. The lowest BCUT2D eigenvalue weighted by atomic mass is 10.1. The summed E-state index contributed by atoms with van der Waals surface area (Å²) in [5.41, 5.74) is 3.50. The predicted molar refractivity (Wildman–Crippen MR) is 105 cm³/mol. The molecule has 0 aliphatic carbocycles. The molecule has 4 nitrogen and oxygen atoms in total. The summed E-state index contributed by atoms with van der Waals surface area (Å²) in [6.07, 6.45) is 0. The number of piperazine rings is 1. The molecule has 0 unspecified atom stereocenters. The van der Waals surface area contributed by atoms with Crippen LogP contribution in [0.25, 0.3) is 0 Å². The first kappa shape index (κ1) is 17.8. The maximum absolute atomic E-state index is 12.4. The molecule has 1 N–H and O–H groups in total. The average molecular weight is 358 g/mol. The van der Waals surface area contributed by atoms with Crippen LogP contribution < -0.4 is 10.2 Å². The smallest absolute Gasteiger partial charge is 0.257 e. The van der Waals surface area contributed by atoms with Crippen LogP contribution in [0.15, 0.2) is 42.5 Å². The van der Waals surface area contributed by atoms with Crippen molar-refractivity contribution in [2.45, 2.75) is 13.8 Å². The number of hydrogen-bond donors (Lipinski definition) is 1. The van der Waals surface area contributed by atoms with Crippen molar-refractivity contribution < 1.29 is 4.79 Å². The Morgan fingerprint density at radius 2 is 1.76 bits per heavy atom. The molecule has 25 heavy (non-hydrogen) atoms. The maximum atomic E-state index is 12.4. The van der Waals surface area contributed by atoms with E-state index in [2.05, 4.69) is 34.2 Å². The van der Waals surface area contributed by atoms with Gasteiger partial charge in [-0.25, -0.2) is 0 Å². The van der Waals surface area contributed by atoms with Gasteiger partial charge in [0.1, 0.15) is 0 Å². The van der Waals surface area contributed by atoms with E-state index >= 15 is 0 Å². The van der Waals surface area contributed by atoms with Gasteiger partial charge in [0.2, 0.25) is 0 Å². The van der Waals surface area contributed by atoms with Gasteiger partial charge in [0.05, 0.1) is 10.6 Å². The third kappa shape index (κ3) is 4.33. The first-order chi connectivity index (χ1) is 12.1. The van der Waals surface area contributed by atoms with Crippen molar-refractivity contribution in [1.29, 1.82) is 0 Å². The molecule has 3 rings (SSSR count). The number of benzene rings is 2. The van der Waals surface area contributed by atoms with E-state index in [-0.39, 0.29) is 5.91 Å². The van der Waals surface area contributed by atoms with Crippen molar-refractivity contribution in [3.8, 4) is 0 Å². The number of carbonyl (C=O) groups is 1. The zero-order valence-corrected chi connectivity index (χ0v) is 15.5. The van der Waals surface area contributed by atoms with E-state index in [0.29, 0.717) is 10.6 Å². The lowest BCUT2D eigenvalue weighted by Gasteiger charge is -2.35. The fraction of sp³-hybridized carbons (Fsp3) is 0.350. The quantitative estimate of drug-likeness (QED) is 0.896. The Bertz CT molecular complexity index is 737. The summed E-state index contributed by atoms with van der Waals surface area (Å²) in [6.45, 7) is 9.54. The van der Waals surface area contributed by atoms with Crippen LogP contribution in [0.1, 0.15) is 22.8 Å². The first-order valence-corrected chi connectivity index (χ1v) is 9.09. The lowest BCUT2D eigenvalue weighted by Crippen LogP contribution is -2.46. The fourth-order valence-electron chi connectivity index (χ4n) is 3.08. The minimum atomic E-state index is -0.186. The zero-order valence-electron chi connectivity index (χ0n) is 14.8. The number of carbonyl (C=O) groups excluding carboxylic acids is 1. The predicted octanol–water partition coefficient (Wildman–Crippen LogP) is 4.04. The van der Waals surface area contributed by atoms with Crippen molar-refractivity contribution in [3.05, 3.63) is 58.6 Å². The second-order valence-corrected chi connectivity index (χ2v) is 6.81. The second-order valence-electron chi connectivity index (χ2n) is 6.41. The Morgan fingerprint density at radius 1 is 1.08 bits per heavy atom. The molecule has 0 saturated carbocycles. The molecule has 132 valence electrons. The van der Waals surface area contributed by atoms with Crippen LogP contribution in [-0.2, 0) is 0 Å². The number of halogens is 1. The molecule has 2 aromatic carbocycles. The van der Waals surface area contributed by atoms with E-state index in [1.165, 1.54) is 5.69 Å². The van der Waals surface area contributed by atoms with Crippen LogP contribution in [0, 0.1) is 6.92 Å². The number of rotatable bonds is 4. The number of amides is 1. The van der Waals surface area contributed by atoms with E-state index in [1.54, 1.807) is 12.1 Å². The number of aryl methyl sites for hydroxylation is 1. The molecule has 2 aromatic rings. The molecule has 1 heterocycles. The van der Waals surface area contributed by atoms with Crippen molar-refractivity contribution >= 4 is 28.9 Å². The summed E-state index contributed by atoms with van der Waals surface area (Å²) in [6, 6.07) is 13.5. The largest absolute Gasteiger partial charge is 0.369 e. The van der Waals surface area contributed by atoms with Gasteiger partial charge in [-0.1, -0.05) is 24.6 Å². The Kier molecular flexibility index (Phi) is 5.61. The molecule has 1 saturated heterocycles. The molecule has 1 aliphatic rings. The van der Waals surface area contributed by atoms with Gasteiger partial charge in [-0.3, -0.25) is 4.79 Å². The SMILES string of the molecule is CCN1CCN(c2ccc(NC(=O)c3ccc(C)cc3Cl)cc2)CC1. The number of anilines is 2. The lowest BCUT2D eigenvalue weighted by molar-refractivity contribution is 0.102. The van der Waals surface area contributed by atoms with Gasteiger partial charge >= 0.3 is 0 Å². The van der Waals surface area contributed by atoms with Gasteiger partial charge < -0.3 is 15.1 Å². The Labute approximate surface area is 154 Å². The van der Waals surface area contributed by atoms with Crippen molar-refractivity contribution in [2.24, 2.45) is 0 Å². The number of nitrogens with one attached hydrogen (secondary N) is 1. The number of hydrogen-bond acceptors (Lipinski definition) is 3. The number of nitrogens with zero attached hydrogens (tertiary/aromatic N) is 2. The van der Waals surface area contributed by atoms with Gasteiger partial charge in [0, 0.05) is 37.6 Å². The van der Waals surface area contributed by atoms with Crippen LogP contribution in [0.4, 0.5) is 11.4 Å². The zero-order chi connectivity index (χ0) is 17.8. The second kappa shape index (κ2) is 7.89. The molecule has 0 atom stereocenters. The van der Waals surface area contributed by atoms with Gasteiger partial charge in [-0.2, -0.15) is 0 Å². The van der Waals surface area contributed by atoms with Gasteiger partial charge in [-0.05, 0) is 55.4 Å². The van der Waals surface area contributed by atoms with Crippen molar-refractivity contribution in [3.63, 3.8) is 0 Å². The minimum absolute atomic E-state index is 0.186. The molecule has 5 heteroatoms. The van der Waals surface area contributed by atoms with Gasteiger partial charge in [-0.15, -0.1) is 0 Å². The van der Waals surface area contributed by atoms with Crippen LogP contribution in [0.3, 0.4) is 0 Å². The molecule has 1 amide bonds. The third-order valence-electron chi connectivity index (χ3n) is 4.68. The van der Waals surface area contributed by atoms with Gasteiger partial charge in [0.15, 0.2) is 0 Å². The normalized spacial score (nSPS) is 15.2. The Hall–Kier alpha value is -2.04. The van der Waals surface area contributed by atoms with E-state index in [0.717, 1.165) is 44.0 Å². The first-order valence-electron chi connectivity index (χ1n) is 8.71. The average Bonchev–Trinajstić information content (AvgIpc) is 2.62. The molecule has 1 aliphatic heterocycles. The highest BCUT2D eigenvalue weighted by Crippen LogP contribution is 2.22. The van der Waals surface area contributed by atoms with E-state index in [1.807, 2.05) is 25.1 Å². The molecule has 1 fully saturated rings. The van der Waals surface area contributed by atoms with Crippen LogP contribution in [0.2, 0.25) is 5.02 Å². The maximum Gasteiger partial charge on any atom is 0.257 e. The van der Waals surface area contributed by atoms with Crippen molar-refractivity contribution in [2.75, 3.05) is 42.9 Å². The summed E-state index contributed by atoms with van der Waals surface area (Å²) in [7, 11) is 0. The molecule has 0 bridgehead atoms. The van der Waals surface area contributed by atoms with Crippen LogP contribution >= 0.6 is 11.6 Å². The Balaban J connectivity index is 1.63. The summed E-state index contributed by atoms with van der Waals surface area (Å²) in [5.74, 6) is -0.186. The summed E-state index contributed by atoms with van der Waals surface area (Å²) >= 11 is 6.17. The molecule has 0 spiro atoms. The highest BCUT2D eigenvalue weighted by atomic mass is 35.5. The Morgan fingerprint density at radius 3 is 2.36 bits per heavy atom. The highest BCUT2D eigenvalue weighted by Gasteiger charge is 2.16. The summed E-state index contributed by atoms with van der Waals surface area (Å²) in [4.78, 5) is 17.2. The third-order valence-corrected chi connectivity index (χ3v) is 4.99. The van der Waals surface area contributed by atoms with Crippen LogP contribution in [0.5, 0.6) is 0 Å². The summed E-state index contributed by atoms with van der Waals surface area (Å²) in [5, 5.41) is 3.39. The molecule has 0 radical (unpaired) electrons. The fourth-order valence-corrected chi connectivity index (χ4v) is 3.40.